The number of benzene rings is 1. The summed E-state index contributed by atoms with van der Waals surface area (Å²) in [5.74, 6) is 0.489. The number of hydrogen-bond donors (Lipinski definition) is 2. The fourth-order valence-corrected chi connectivity index (χ4v) is 3.09. The highest BCUT2D eigenvalue weighted by atomic mass is 16.3. The maximum absolute atomic E-state index is 10.1. The molecule has 0 heterocycles. The van der Waals surface area contributed by atoms with E-state index in [-0.39, 0.29) is 6.10 Å². The lowest BCUT2D eigenvalue weighted by Gasteiger charge is -2.19. The second-order valence-corrected chi connectivity index (χ2v) is 6.24. The van der Waals surface area contributed by atoms with Gasteiger partial charge >= 0.3 is 0 Å². The molecule has 120 valence electrons. The van der Waals surface area contributed by atoms with Gasteiger partial charge in [0.2, 0.25) is 0 Å². The predicted molar refractivity (Wildman–Crippen MR) is 89.6 cm³/mol. The molecule has 0 radical (unpaired) electrons. The summed E-state index contributed by atoms with van der Waals surface area (Å²) in [6.07, 6.45) is 5.21. The Hall–Kier alpha value is -1.57. The van der Waals surface area contributed by atoms with Gasteiger partial charge in [0.25, 0.3) is 0 Å². The van der Waals surface area contributed by atoms with Crippen molar-refractivity contribution >= 4 is 5.69 Å². The molecule has 4 nitrogen and oxygen atoms in total. The van der Waals surface area contributed by atoms with Gasteiger partial charge in [-0.25, -0.2) is 0 Å². The molecule has 1 aromatic carbocycles. The smallest absolute Gasteiger partial charge is 0.0692 e. The second-order valence-electron chi connectivity index (χ2n) is 6.24. The lowest BCUT2D eigenvalue weighted by atomic mass is 10.0. The van der Waals surface area contributed by atoms with Crippen LogP contribution in [0.4, 0.5) is 5.69 Å². The van der Waals surface area contributed by atoms with Crippen LogP contribution in [0.25, 0.3) is 0 Å². The van der Waals surface area contributed by atoms with E-state index < -0.39 is 0 Å². The van der Waals surface area contributed by atoms with E-state index in [1.54, 1.807) is 0 Å². The molecule has 1 aliphatic carbocycles. The van der Waals surface area contributed by atoms with Gasteiger partial charge in [-0.05, 0) is 36.5 Å². The molecule has 0 amide bonds. The maximum atomic E-state index is 10.1. The highest BCUT2D eigenvalue weighted by molar-refractivity contribution is 5.46. The zero-order chi connectivity index (χ0) is 15.8. The molecule has 1 atom stereocenters. The van der Waals surface area contributed by atoms with Crippen LogP contribution in [0, 0.1) is 17.2 Å². The van der Waals surface area contributed by atoms with Crippen LogP contribution < -0.4 is 10.2 Å². The minimum atomic E-state index is -0.209. The summed E-state index contributed by atoms with van der Waals surface area (Å²) in [4.78, 5) is 2.09. The Labute approximate surface area is 133 Å². The van der Waals surface area contributed by atoms with Crippen LogP contribution in [0.1, 0.15) is 37.7 Å². The normalized spacial score (nSPS) is 16.4. The van der Waals surface area contributed by atoms with Gasteiger partial charge in [0.15, 0.2) is 0 Å². The topological polar surface area (TPSA) is 59.3 Å². The first-order chi connectivity index (χ1) is 10.7. The largest absolute Gasteiger partial charge is 0.392 e. The lowest BCUT2D eigenvalue weighted by Crippen LogP contribution is -2.31. The van der Waals surface area contributed by atoms with Crippen LogP contribution >= 0.6 is 0 Å². The third-order valence-corrected chi connectivity index (χ3v) is 4.56. The molecule has 1 unspecified atom stereocenters. The van der Waals surface area contributed by atoms with Crippen LogP contribution in [-0.4, -0.2) is 31.3 Å². The van der Waals surface area contributed by atoms with Gasteiger partial charge in [0.1, 0.15) is 0 Å². The predicted octanol–water partition coefficient (Wildman–Crippen LogP) is 2.68. The molecular formula is C18H27N3O. The van der Waals surface area contributed by atoms with Crippen molar-refractivity contribution in [2.45, 2.75) is 44.8 Å². The quantitative estimate of drug-likeness (QED) is 0.775. The Bertz CT molecular complexity index is 474. The van der Waals surface area contributed by atoms with Crippen LogP contribution in [0.3, 0.4) is 0 Å². The van der Waals surface area contributed by atoms with E-state index in [1.807, 2.05) is 7.05 Å². The fourth-order valence-electron chi connectivity index (χ4n) is 3.09. The SMILES string of the molecule is CN(CCC#N)c1ccc(CNCC(O)C2CCCC2)cc1. The molecule has 1 saturated carbocycles. The molecule has 22 heavy (non-hydrogen) atoms. The third kappa shape index (κ3) is 5.01. The van der Waals surface area contributed by atoms with Gasteiger partial charge < -0.3 is 15.3 Å². The summed E-state index contributed by atoms with van der Waals surface area (Å²) < 4.78 is 0. The van der Waals surface area contributed by atoms with Crippen LogP contribution in [0.15, 0.2) is 24.3 Å². The number of anilines is 1. The molecule has 0 bridgehead atoms. The molecule has 2 rings (SSSR count). The standard InChI is InChI=1S/C18H27N3O/c1-21(12-4-11-19)17-9-7-15(8-10-17)13-20-14-18(22)16-5-2-3-6-16/h7-10,16,18,20,22H,2-6,12-14H2,1H3. The first-order valence-corrected chi connectivity index (χ1v) is 8.26. The Morgan fingerprint density at radius 3 is 2.64 bits per heavy atom. The lowest BCUT2D eigenvalue weighted by molar-refractivity contribution is 0.109. The van der Waals surface area contributed by atoms with E-state index >= 15 is 0 Å². The minimum absolute atomic E-state index is 0.209. The molecular weight excluding hydrogens is 274 g/mol. The Morgan fingerprint density at radius 1 is 1.32 bits per heavy atom. The van der Waals surface area contributed by atoms with Gasteiger partial charge in [-0.3, -0.25) is 0 Å². The van der Waals surface area contributed by atoms with E-state index in [0.29, 0.717) is 18.9 Å². The van der Waals surface area contributed by atoms with E-state index in [2.05, 4.69) is 40.6 Å². The van der Waals surface area contributed by atoms with E-state index in [9.17, 15) is 5.11 Å². The summed E-state index contributed by atoms with van der Waals surface area (Å²) in [5, 5.41) is 22.1. The van der Waals surface area contributed by atoms with E-state index in [4.69, 9.17) is 5.26 Å². The van der Waals surface area contributed by atoms with E-state index in [1.165, 1.54) is 31.2 Å². The van der Waals surface area contributed by atoms with Crippen molar-refractivity contribution in [3.05, 3.63) is 29.8 Å². The zero-order valence-electron chi connectivity index (χ0n) is 13.5. The molecule has 4 heteroatoms. The highest BCUT2D eigenvalue weighted by Crippen LogP contribution is 2.27. The molecule has 1 aliphatic rings. The molecule has 0 aromatic heterocycles. The molecule has 0 saturated heterocycles. The van der Waals surface area contributed by atoms with Gasteiger partial charge in [0.05, 0.1) is 18.6 Å². The molecule has 1 fully saturated rings. The van der Waals surface area contributed by atoms with Crippen molar-refractivity contribution < 1.29 is 5.11 Å². The summed E-state index contributed by atoms with van der Waals surface area (Å²) in [6, 6.07) is 10.5. The van der Waals surface area contributed by atoms with Crippen molar-refractivity contribution in [3.63, 3.8) is 0 Å². The number of rotatable bonds is 8. The number of aliphatic hydroxyl groups excluding tert-OH is 1. The average molecular weight is 301 g/mol. The second kappa shape index (κ2) is 8.77. The Balaban J connectivity index is 1.73. The minimum Gasteiger partial charge on any atom is -0.392 e. The average Bonchev–Trinajstić information content (AvgIpc) is 3.07. The van der Waals surface area contributed by atoms with Gasteiger partial charge in [0, 0.05) is 32.4 Å². The van der Waals surface area contributed by atoms with Crippen molar-refractivity contribution in [2.24, 2.45) is 5.92 Å². The Kier molecular flexibility index (Phi) is 6.70. The Morgan fingerprint density at radius 2 is 2.00 bits per heavy atom. The number of nitrogens with zero attached hydrogens (tertiary/aromatic N) is 2. The number of nitrogens with one attached hydrogen (secondary N) is 1. The van der Waals surface area contributed by atoms with Crippen molar-refractivity contribution in [1.29, 1.82) is 5.26 Å². The van der Waals surface area contributed by atoms with Crippen molar-refractivity contribution in [1.82, 2.24) is 5.32 Å². The van der Waals surface area contributed by atoms with Crippen molar-refractivity contribution in [3.8, 4) is 6.07 Å². The summed E-state index contributed by atoms with van der Waals surface area (Å²) in [7, 11) is 2.00. The van der Waals surface area contributed by atoms with Gasteiger partial charge in [-0.1, -0.05) is 25.0 Å². The van der Waals surface area contributed by atoms with Crippen molar-refractivity contribution in [2.75, 3.05) is 25.0 Å². The molecule has 0 spiro atoms. The maximum Gasteiger partial charge on any atom is 0.0692 e. The molecule has 1 aromatic rings. The van der Waals surface area contributed by atoms with Crippen LogP contribution in [0.5, 0.6) is 0 Å². The monoisotopic (exact) mass is 301 g/mol. The molecule has 0 aliphatic heterocycles. The fraction of sp³-hybridized carbons (Fsp3) is 0.611. The summed E-state index contributed by atoms with van der Waals surface area (Å²) in [5.41, 5.74) is 2.35. The molecule has 2 N–H and O–H groups in total. The highest BCUT2D eigenvalue weighted by Gasteiger charge is 2.22. The van der Waals surface area contributed by atoms with Gasteiger partial charge in [-0.2, -0.15) is 5.26 Å². The van der Waals surface area contributed by atoms with Gasteiger partial charge in [-0.15, -0.1) is 0 Å². The first kappa shape index (κ1) is 16.8. The van der Waals surface area contributed by atoms with Crippen LogP contribution in [0.2, 0.25) is 0 Å². The summed E-state index contributed by atoms with van der Waals surface area (Å²) in [6.45, 7) is 2.21. The number of nitriles is 1. The number of aliphatic hydroxyl groups is 1. The summed E-state index contributed by atoms with van der Waals surface area (Å²) >= 11 is 0. The van der Waals surface area contributed by atoms with E-state index in [0.717, 1.165) is 18.8 Å². The van der Waals surface area contributed by atoms with Crippen LogP contribution in [-0.2, 0) is 6.54 Å². The zero-order valence-corrected chi connectivity index (χ0v) is 13.5. The first-order valence-electron chi connectivity index (χ1n) is 8.26. The third-order valence-electron chi connectivity index (χ3n) is 4.56. The number of hydrogen-bond acceptors (Lipinski definition) is 4.